The molecular weight excluding hydrogens is 394 g/mol. The molecule has 1 fully saturated rings. The van der Waals surface area contributed by atoms with Crippen LogP contribution in [0.2, 0.25) is 0 Å². The minimum atomic E-state index is -0.282. The first-order valence-electron chi connectivity index (χ1n) is 9.60. The second-order valence-corrected chi connectivity index (χ2v) is 8.30. The van der Waals surface area contributed by atoms with Crippen molar-refractivity contribution in [2.75, 3.05) is 25.1 Å². The maximum absolute atomic E-state index is 12.5. The number of hydrogen-bond donors (Lipinski definition) is 1. The molecule has 2 atom stereocenters. The van der Waals surface area contributed by atoms with Gasteiger partial charge in [0.05, 0.1) is 22.1 Å². The van der Waals surface area contributed by atoms with Crippen LogP contribution in [0.15, 0.2) is 24.3 Å². The van der Waals surface area contributed by atoms with Crippen molar-refractivity contribution in [3.05, 3.63) is 24.3 Å². The summed E-state index contributed by atoms with van der Waals surface area (Å²) in [5.74, 6) is 0.173. The maximum Gasteiger partial charge on any atom is 0.233 e. The Morgan fingerprint density at radius 2 is 1.76 bits per heavy atom. The number of rotatable bonds is 4. The predicted molar refractivity (Wildman–Crippen MR) is 106 cm³/mol. The second-order valence-electron chi connectivity index (χ2n) is 7.26. The quantitative estimate of drug-likeness (QED) is 0.610. The molecule has 3 amide bonds. The first-order chi connectivity index (χ1) is 14.1. The van der Waals surface area contributed by atoms with E-state index in [1.807, 2.05) is 18.2 Å². The molecule has 5 rings (SSSR count). The van der Waals surface area contributed by atoms with E-state index in [2.05, 4.69) is 10.3 Å². The van der Waals surface area contributed by atoms with Gasteiger partial charge in [-0.15, -0.1) is 0 Å². The molecular formula is C20H19N3O5S. The SMILES string of the molecule is O=C(CCN1C(=O)[C@H]2CC=CC[C@@H]2C1=O)Nc1nc2cc3c(cc2s1)OCCO3. The number of hydrogen-bond acceptors (Lipinski definition) is 7. The number of ether oxygens (including phenoxy) is 2. The summed E-state index contributed by atoms with van der Waals surface area (Å²) in [6, 6.07) is 3.65. The van der Waals surface area contributed by atoms with Gasteiger partial charge in [0.2, 0.25) is 17.7 Å². The number of likely N-dealkylation sites (tertiary alicyclic amines) is 1. The average molecular weight is 413 g/mol. The second kappa shape index (κ2) is 7.14. The third-order valence-corrected chi connectivity index (χ3v) is 6.39. The van der Waals surface area contributed by atoms with Gasteiger partial charge in [0.25, 0.3) is 0 Å². The number of aromatic nitrogens is 1. The van der Waals surface area contributed by atoms with Gasteiger partial charge in [-0.3, -0.25) is 19.3 Å². The highest BCUT2D eigenvalue weighted by Gasteiger charge is 2.46. The van der Waals surface area contributed by atoms with Gasteiger partial charge in [-0.05, 0) is 12.8 Å². The average Bonchev–Trinajstić information content (AvgIpc) is 3.22. The summed E-state index contributed by atoms with van der Waals surface area (Å²) in [5.41, 5.74) is 0.719. The summed E-state index contributed by atoms with van der Waals surface area (Å²) in [7, 11) is 0. The molecule has 1 aliphatic carbocycles. The minimum absolute atomic E-state index is 0.0446. The van der Waals surface area contributed by atoms with Gasteiger partial charge < -0.3 is 14.8 Å². The van der Waals surface area contributed by atoms with Crippen LogP contribution in [0.25, 0.3) is 10.2 Å². The normalized spacial score (nSPS) is 22.8. The summed E-state index contributed by atoms with van der Waals surface area (Å²) in [6.07, 6.45) is 5.14. The number of nitrogens with zero attached hydrogens (tertiary/aromatic N) is 2. The van der Waals surface area contributed by atoms with Crippen molar-refractivity contribution in [3.8, 4) is 11.5 Å². The van der Waals surface area contributed by atoms with E-state index in [1.165, 1.54) is 16.2 Å². The van der Waals surface area contributed by atoms with E-state index < -0.39 is 0 Å². The molecule has 1 N–H and O–H groups in total. The number of nitrogens with one attached hydrogen (secondary N) is 1. The Morgan fingerprint density at radius 3 is 2.45 bits per heavy atom. The number of benzene rings is 1. The molecule has 8 nitrogen and oxygen atoms in total. The molecule has 1 aromatic carbocycles. The monoisotopic (exact) mass is 413 g/mol. The van der Waals surface area contributed by atoms with Gasteiger partial charge >= 0.3 is 0 Å². The Hall–Kier alpha value is -2.94. The van der Waals surface area contributed by atoms with Crippen LogP contribution in [0.5, 0.6) is 11.5 Å². The van der Waals surface area contributed by atoms with Crippen molar-refractivity contribution in [2.45, 2.75) is 19.3 Å². The highest BCUT2D eigenvalue weighted by Crippen LogP contribution is 2.38. The van der Waals surface area contributed by atoms with Crippen molar-refractivity contribution in [2.24, 2.45) is 11.8 Å². The fourth-order valence-corrected chi connectivity index (χ4v) is 4.90. The lowest BCUT2D eigenvalue weighted by molar-refractivity contribution is -0.140. The number of imide groups is 1. The Bertz CT molecular complexity index is 977. The van der Waals surface area contributed by atoms with Gasteiger partial charge in [-0.25, -0.2) is 4.98 Å². The maximum atomic E-state index is 12.5. The van der Waals surface area contributed by atoms with Crippen molar-refractivity contribution < 1.29 is 23.9 Å². The zero-order valence-electron chi connectivity index (χ0n) is 15.6. The van der Waals surface area contributed by atoms with Crippen molar-refractivity contribution >= 4 is 44.4 Å². The molecule has 0 unspecified atom stereocenters. The number of allylic oxidation sites excluding steroid dienone is 2. The summed E-state index contributed by atoms with van der Waals surface area (Å²) in [4.78, 5) is 43.0. The Labute approximate surface area is 170 Å². The fraction of sp³-hybridized carbons (Fsp3) is 0.400. The van der Waals surface area contributed by atoms with E-state index in [0.29, 0.717) is 42.7 Å². The highest BCUT2D eigenvalue weighted by atomic mass is 32.1. The van der Waals surface area contributed by atoms with E-state index >= 15 is 0 Å². The van der Waals surface area contributed by atoms with Crippen LogP contribution in [-0.2, 0) is 14.4 Å². The van der Waals surface area contributed by atoms with Crippen LogP contribution >= 0.6 is 11.3 Å². The minimum Gasteiger partial charge on any atom is -0.486 e. The Morgan fingerprint density at radius 1 is 1.10 bits per heavy atom. The lowest BCUT2D eigenvalue weighted by Gasteiger charge is -2.17. The molecule has 9 heteroatoms. The molecule has 0 radical (unpaired) electrons. The van der Waals surface area contributed by atoms with Crippen LogP contribution in [0.3, 0.4) is 0 Å². The van der Waals surface area contributed by atoms with Gasteiger partial charge in [0.1, 0.15) is 13.2 Å². The molecule has 3 aliphatic rings. The summed E-state index contributed by atoms with van der Waals surface area (Å²) in [5, 5.41) is 3.23. The number of thiazole rings is 1. The molecule has 150 valence electrons. The Kier molecular flexibility index (Phi) is 4.46. The molecule has 0 saturated carbocycles. The zero-order valence-corrected chi connectivity index (χ0v) is 16.4. The molecule has 3 heterocycles. The molecule has 2 aromatic rings. The first kappa shape index (κ1) is 18.1. The van der Waals surface area contributed by atoms with E-state index in [0.717, 1.165) is 10.2 Å². The number of carbonyl (C=O) groups excluding carboxylic acids is 3. The van der Waals surface area contributed by atoms with Gasteiger partial charge in [0, 0.05) is 25.1 Å². The summed E-state index contributed by atoms with van der Waals surface area (Å²) >= 11 is 1.34. The van der Waals surface area contributed by atoms with E-state index in [9.17, 15) is 14.4 Å². The highest BCUT2D eigenvalue weighted by molar-refractivity contribution is 7.22. The van der Waals surface area contributed by atoms with E-state index in [4.69, 9.17) is 9.47 Å². The molecule has 2 aliphatic heterocycles. The van der Waals surface area contributed by atoms with Crippen LogP contribution in [-0.4, -0.2) is 47.4 Å². The lowest BCUT2D eigenvalue weighted by Crippen LogP contribution is -2.34. The van der Waals surface area contributed by atoms with E-state index in [1.54, 1.807) is 6.07 Å². The molecule has 1 saturated heterocycles. The third kappa shape index (κ3) is 3.25. The smallest absolute Gasteiger partial charge is 0.233 e. The topological polar surface area (TPSA) is 97.8 Å². The van der Waals surface area contributed by atoms with Crippen LogP contribution in [0.4, 0.5) is 5.13 Å². The number of amides is 3. The molecule has 1 aromatic heterocycles. The molecule has 0 bridgehead atoms. The van der Waals surface area contributed by atoms with E-state index in [-0.39, 0.29) is 42.5 Å². The number of carbonyl (C=O) groups is 3. The Balaban J connectivity index is 1.23. The summed E-state index contributed by atoms with van der Waals surface area (Å²) < 4.78 is 12.0. The van der Waals surface area contributed by atoms with Crippen LogP contribution < -0.4 is 14.8 Å². The molecule has 0 spiro atoms. The fourth-order valence-electron chi connectivity index (χ4n) is 4.00. The first-order valence-corrected chi connectivity index (χ1v) is 10.4. The third-order valence-electron chi connectivity index (χ3n) is 5.46. The largest absolute Gasteiger partial charge is 0.486 e. The zero-order chi connectivity index (χ0) is 20.0. The number of fused-ring (bicyclic) bond motifs is 3. The van der Waals surface area contributed by atoms with Crippen molar-refractivity contribution in [1.82, 2.24) is 9.88 Å². The van der Waals surface area contributed by atoms with Crippen molar-refractivity contribution in [1.29, 1.82) is 0 Å². The number of anilines is 1. The van der Waals surface area contributed by atoms with Crippen LogP contribution in [0.1, 0.15) is 19.3 Å². The standard InChI is InChI=1S/C20H19N3O5S/c24-17(5-6-23-18(25)11-3-1-2-4-12(11)19(23)26)22-20-21-13-9-14-15(10-16(13)29-20)28-8-7-27-14/h1-2,9-12H,3-8H2,(H,21,22,24)/t11-,12-/m0/s1. The van der Waals surface area contributed by atoms with Gasteiger partial charge in [0.15, 0.2) is 16.6 Å². The predicted octanol–water partition coefficient (Wildman–Crippen LogP) is 2.35. The van der Waals surface area contributed by atoms with Crippen LogP contribution in [0, 0.1) is 11.8 Å². The van der Waals surface area contributed by atoms with Gasteiger partial charge in [-0.1, -0.05) is 23.5 Å². The van der Waals surface area contributed by atoms with Gasteiger partial charge in [-0.2, -0.15) is 0 Å². The molecule has 29 heavy (non-hydrogen) atoms. The summed E-state index contributed by atoms with van der Waals surface area (Å²) in [6.45, 7) is 1.10. The van der Waals surface area contributed by atoms with Crippen molar-refractivity contribution in [3.63, 3.8) is 0 Å². The lowest BCUT2D eigenvalue weighted by atomic mass is 9.85.